The maximum Gasteiger partial charge on any atom is 0.333 e. The highest BCUT2D eigenvalue weighted by Gasteiger charge is 2.23. The van der Waals surface area contributed by atoms with Crippen LogP contribution in [0, 0.1) is 11.3 Å². The van der Waals surface area contributed by atoms with Crippen molar-refractivity contribution in [2.24, 2.45) is 7.05 Å². The number of hydrogen-bond acceptors (Lipinski definition) is 6. The van der Waals surface area contributed by atoms with Gasteiger partial charge in [-0.25, -0.2) is 9.67 Å². The second kappa shape index (κ2) is 10.9. The van der Waals surface area contributed by atoms with Crippen LogP contribution in [0.25, 0.3) is 11.1 Å². The second-order valence-electron chi connectivity index (χ2n) is 8.33. The molecule has 0 saturated heterocycles. The van der Waals surface area contributed by atoms with Crippen LogP contribution in [-0.4, -0.2) is 37.0 Å². The van der Waals surface area contributed by atoms with E-state index in [2.05, 4.69) is 31.9 Å². The predicted molar refractivity (Wildman–Crippen MR) is 129 cm³/mol. The summed E-state index contributed by atoms with van der Waals surface area (Å²) < 4.78 is 27.7. The summed E-state index contributed by atoms with van der Waals surface area (Å²) in [4.78, 5) is 17.5. The Kier molecular flexibility index (Phi) is 7.46. The minimum atomic E-state index is -2.72. The molecule has 0 spiro atoms. The van der Waals surface area contributed by atoms with Crippen molar-refractivity contribution < 1.29 is 13.6 Å². The van der Waals surface area contributed by atoms with Crippen LogP contribution in [-0.2, 0) is 11.8 Å². The predicted octanol–water partition coefficient (Wildman–Crippen LogP) is 4.02. The lowest BCUT2D eigenvalue weighted by molar-refractivity contribution is -0.118. The van der Waals surface area contributed by atoms with Gasteiger partial charge in [0.25, 0.3) is 0 Å². The number of pyridine rings is 1. The number of benzene rings is 1. The number of anilines is 1. The molecule has 36 heavy (non-hydrogen) atoms. The van der Waals surface area contributed by atoms with Crippen molar-refractivity contribution in [1.82, 2.24) is 29.9 Å². The lowest BCUT2D eigenvalue weighted by Crippen LogP contribution is -2.35. The smallest absolute Gasteiger partial charge is 0.309 e. The first-order chi connectivity index (χ1) is 17.3. The number of aryl methyl sites for hydroxylation is 1. The van der Waals surface area contributed by atoms with Gasteiger partial charge in [-0.3, -0.25) is 9.48 Å². The maximum atomic E-state index is 13.2. The highest BCUT2D eigenvalue weighted by molar-refractivity contribution is 5.94. The van der Waals surface area contributed by atoms with Crippen molar-refractivity contribution in [2.45, 2.75) is 25.4 Å². The minimum Gasteiger partial charge on any atom is -0.309 e. The molecule has 0 aliphatic carbocycles. The van der Waals surface area contributed by atoms with Gasteiger partial charge in [0.2, 0.25) is 5.91 Å². The van der Waals surface area contributed by atoms with Gasteiger partial charge >= 0.3 is 6.55 Å². The van der Waals surface area contributed by atoms with Crippen molar-refractivity contribution in [3.05, 3.63) is 84.1 Å². The maximum absolute atomic E-state index is 13.2. The molecule has 0 aliphatic rings. The average molecular weight is 491 g/mol. The van der Waals surface area contributed by atoms with Crippen molar-refractivity contribution >= 4 is 11.7 Å². The van der Waals surface area contributed by atoms with Crippen LogP contribution in [0.5, 0.6) is 0 Å². The van der Waals surface area contributed by atoms with Gasteiger partial charge in [0.05, 0.1) is 24.0 Å². The van der Waals surface area contributed by atoms with Gasteiger partial charge in [0, 0.05) is 48.9 Å². The van der Waals surface area contributed by atoms with Crippen LogP contribution in [0.4, 0.5) is 14.6 Å². The molecule has 9 nitrogen and oxygen atoms in total. The molecule has 0 bridgehead atoms. The van der Waals surface area contributed by atoms with Crippen molar-refractivity contribution in [2.75, 3.05) is 11.9 Å². The SMILES string of the molecule is CC(CNC(C(=O)Nc1ccc(-c2cnn(C(F)F)c2)cn1)c1cnn(C)c1)c1ccc(C#N)cc1. The van der Waals surface area contributed by atoms with Gasteiger partial charge in [-0.15, -0.1) is 0 Å². The number of amides is 1. The second-order valence-corrected chi connectivity index (χ2v) is 8.33. The average Bonchev–Trinajstić information content (AvgIpc) is 3.54. The number of halogens is 2. The molecule has 0 radical (unpaired) electrons. The van der Waals surface area contributed by atoms with E-state index in [1.807, 2.05) is 19.1 Å². The van der Waals surface area contributed by atoms with Crippen LogP contribution in [0.3, 0.4) is 0 Å². The van der Waals surface area contributed by atoms with Crippen LogP contribution < -0.4 is 10.6 Å². The van der Waals surface area contributed by atoms with E-state index in [1.165, 1.54) is 18.6 Å². The summed E-state index contributed by atoms with van der Waals surface area (Å²) >= 11 is 0. The van der Waals surface area contributed by atoms with Crippen LogP contribution in [0.15, 0.2) is 67.4 Å². The third kappa shape index (κ3) is 5.79. The first-order valence-electron chi connectivity index (χ1n) is 11.2. The Balaban J connectivity index is 1.45. The lowest BCUT2D eigenvalue weighted by atomic mass is 9.99. The number of nitriles is 1. The molecule has 2 N–H and O–H groups in total. The first kappa shape index (κ1) is 24.7. The molecule has 4 aromatic rings. The number of alkyl halides is 2. The molecule has 2 atom stereocenters. The van der Waals surface area contributed by atoms with Crippen molar-refractivity contribution in [3.8, 4) is 17.2 Å². The Hall–Kier alpha value is -4.43. The Morgan fingerprint density at radius 2 is 1.81 bits per heavy atom. The number of hydrogen-bond donors (Lipinski definition) is 2. The Morgan fingerprint density at radius 1 is 1.03 bits per heavy atom. The van der Waals surface area contributed by atoms with Crippen LogP contribution in [0.2, 0.25) is 0 Å². The van der Waals surface area contributed by atoms with Gasteiger partial charge in [0.15, 0.2) is 0 Å². The van der Waals surface area contributed by atoms with Crippen molar-refractivity contribution in [3.63, 3.8) is 0 Å². The molecule has 4 rings (SSSR count). The van der Waals surface area contributed by atoms with E-state index in [-0.39, 0.29) is 11.8 Å². The fourth-order valence-corrected chi connectivity index (χ4v) is 3.68. The summed E-state index contributed by atoms with van der Waals surface area (Å²) in [5, 5.41) is 22.9. The van der Waals surface area contributed by atoms with E-state index in [4.69, 9.17) is 5.26 Å². The zero-order chi connectivity index (χ0) is 25.7. The molecule has 2 unspecified atom stereocenters. The van der Waals surface area contributed by atoms with E-state index in [0.717, 1.165) is 5.56 Å². The molecular weight excluding hydrogens is 466 g/mol. The van der Waals surface area contributed by atoms with Crippen LogP contribution >= 0.6 is 0 Å². The van der Waals surface area contributed by atoms with E-state index in [0.29, 0.717) is 39.3 Å². The van der Waals surface area contributed by atoms with E-state index >= 15 is 0 Å². The quantitative estimate of drug-likeness (QED) is 0.366. The van der Waals surface area contributed by atoms with Gasteiger partial charge in [-0.1, -0.05) is 19.1 Å². The third-order valence-corrected chi connectivity index (χ3v) is 5.71. The lowest BCUT2D eigenvalue weighted by Gasteiger charge is -2.20. The number of carbonyl (C=O) groups excluding carboxylic acids is 1. The van der Waals surface area contributed by atoms with Gasteiger partial charge in [0.1, 0.15) is 11.9 Å². The summed E-state index contributed by atoms with van der Waals surface area (Å²) in [6.45, 7) is -0.190. The molecule has 1 amide bonds. The number of nitrogens with one attached hydrogen (secondary N) is 2. The Bertz CT molecular complexity index is 1360. The van der Waals surface area contributed by atoms with Gasteiger partial charge < -0.3 is 10.6 Å². The highest BCUT2D eigenvalue weighted by atomic mass is 19.3. The number of carbonyl (C=O) groups is 1. The molecule has 0 fully saturated rings. The van der Waals surface area contributed by atoms with Gasteiger partial charge in [-0.2, -0.15) is 24.2 Å². The molecular formula is C25H24F2N8O. The monoisotopic (exact) mass is 490 g/mol. The molecule has 184 valence electrons. The normalized spacial score (nSPS) is 12.8. The largest absolute Gasteiger partial charge is 0.333 e. The zero-order valence-corrected chi connectivity index (χ0v) is 19.6. The fourth-order valence-electron chi connectivity index (χ4n) is 3.68. The Morgan fingerprint density at radius 3 is 2.39 bits per heavy atom. The zero-order valence-electron chi connectivity index (χ0n) is 19.6. The minimum absolute atomic E-state index is 0.0799. The standard InChI is InChI=1S/C25H24F2N8O/c1-16(18-5-3-17(9-28)4-6-18)10-30-23(21-13-31-34(2)14-21)24(36)33-22-8-7-19(11-29-22)20-12-32-35(15-20)25(26)27/h3-8,11-16,23,25,30H,10H2,1-2H3,(H,29,33,36). The van der Waals surface area contributed by atoms with Crippen molar-refractivity contribution in [1.29, 1.82) is 5.26 Å². The molecule has 3 heterocycles. The summed E-state index contributed by atoms with van der Waals surface area (Å²) in [6, 6.07) is 12.0. The molecule has 3 aromatic heterocycles. The molecule has 11 heteroatoms. The summed E-state index contributed by atoms with van der Waals surface area (Å²) in [5.41, 5.74) is 3.41. The number of nitrogens with zero attached hydrogens (tertiary/aromatic N) is 6. The highest BCUT2D eigenvalue weighted by Crippen LogP contribution is 2.23. The van der Waals surface area contributed by atoms with E-state index in [9.17, 15) is 13.6 Å². The first-order valence-corrected chi connectivity index (χ1v) is 11.2. The van der Waals surface area contributed by atoms with E-state index < -0.39 is 12.6 Å². The van der Waals surface area contributed by atoms with Gasteiger partial charge in [-0.05, 0) is 35.7 Å². The number of rotatable bonds is 9. The van der Waals surface area contributed by atoms with E-state index in [1.54, 1.807) is 48.4 Å². The number of aromatic nitrogens is 5. The fraction of sp³-hybridized carbons (Fsp3) is 0.240. The summed E-state index contributed by atoms with van der Waals surface area (Å²) in [6.07, 6.45) is 7.44. The topological polar surface area (TPSA) is 113 Å². The molecule has 1 aromatic carbocycles. The summed E-state index contributed by atoms with van der Waals surface area (Å²) in [7, 11) is 1.77. The summed E-state index contributed by atoms with van der Waals surface area (Å²) in [5.74, 6) is 0.0814. The third-order valence-electron chi connectivity index (χ3n) is 5.71. The molecule has 0 saturated carbocycles. The van der Waals surface area contributed by atoms with Crippen LogP contribution in [0.1, 0.15) is 42.1 Å². The Labute approximate surface area is 206 Å². The molecule has 0 aliphatic heterocycles.